The van der Waals surface area contributed by atoms with E-state index in [2.05, 4.69) is 20.1 Å². The Balaban J connectivity index is 1.80. The predicted molar refractivity (Wildman–Crippen MR) is 106 cm³/mol. The van der Waals surface area contributed by atoms with Gasteiger partial charge in [-0.1, -0.05) is 19.4 Å². The molecule has 4 nitrogen and oxygen atoms in total. The van der Waals surface area contributed by atoms with Crippen molar-refractivity contribution in [3.05, 3.63) is 11.6 Å². The highest BCUT2D eigenvalue weighted by Gasteiger charge is 2.69. The standard InChI is InChI=1S/C22H32O4S/c1-20-11-19(26)22(27-3)16(15(20)6-7-17(20)18(25)12-23)5-4-13-10-14(24)8-9-21(13,22)2/h10,15-17,19,23,26H,4-9,11-12H2,1-3H3. The number of hydrogen-bond acceptors (Lipinski definition) is 5. The summed E-state index contributed by atoms with van der Waals surface area (Å²) in [4.78, 5) is 24.5. The van der Waals surface area contributed by atoms with Crippen molar-refractivity contribution >= 4 is 23.3 Å². The van der Waals surface area contributed by atoms with Gasteiger partial charge >= 0.3 is 0 Å². The number of rotatable bonds is 3. The number of hydrogen-bond donors (Lipinski definition) is 2. The fraction of sp³-hybridized carbons (Fsp3) is 0.818. The van der Waals surface area contributed by atoms with E-state index in [1.165, 1.54) is 5.57 Å². The van der Waals surface area contributed by atoms with Crippen LogP contribution in [0.5, 0.6) is 0 Å². The molecule has 0 spiro atoms. The summed E-state index contributed by atoms with van der Waals surface area (Å²) in [6, 6.07) is 0. The zero-order valence-electron chi connectivity index (χ0n) is 16.7. The minimum atomic E-state index is -0.507. The van der Waals surface area contributed by atoms with Crippen molar-refractivity contribution in [1.82, 2.24) is 0 Å². The van der Waals surface area contributed by atoms with Gasteiger partial charge in [0.1, 0.15) is 6.61 Å². The Kier molecular flexibility index (Phi) is 4.68. The van der Waals surface area contributed by atoms with Crippen LogP contribution in [0.15, 0.2) is 11.6 Å². The number of aliphatic hydroxyl groups excluding tert-OH is 2. The number of carbonyl (C=O) groups is 2. The van der Waals surface area contributed by atoms with E-state index in [0.29, 0.717) is 24.7 Å². The van der Waals surface area contributed by atoms with Gasteiger partial charge in [-0.05, 0) is 68.1 Å². The summed E-state index contributed by atoms with van der Waals surface area (Å²) in [5, 5.41) is 21.1. The first-order valence-corrected chi connectivity index (χ1v) is 11.6. The number of allylic oxidation sites excluding steroid dienone is 1. The molecule has 0 aliphatic heterocycles. The number of aliphatic hydroxyl groups is 2. The molecular formula is C22H32O4S. The second-order valence-corrected chi connectivity index (χ2v) is 10.8. The quantitative estimate of drug-likeness (QED) is 0.772. The Hall–Kier alpha value is -0.650. The summed E-state index contributed by atoms with van der Waals surface area (Å²) in [5.41, 5.74) is 0.835. The van der Waals surface area contributed by atoms with E-state index in [0.717, 1.165) is 32.1 Å². The number of Topliss-reactive ketones (excluding diaryl/α,β-unsaturated/α-hetero) is 1. The molecule has 3 fully saturated rings. The third-order valence-corrected chi connectivity index (χ3v) is 10.7. The molecule has 0 aromatic rings. The second-order valence-electron chi connectivity index (χ2n) is 9.70. The van der Waals surface area contributed by atoms with Gasteiger partial charge in [-0.3, -0.25) is 9.59 Å². The van der Waals surface area contributed by atoms with Crippen molar-refractivity contribution in [2.24, 2.45) is 28.6 Å². The molecule has 0 radical (unpaired) electrons. The smallest absolute Gasteiger partial charge is 0.161 e. The number of carbonyl (C=O) groups excluding carboxylic acids is 2. The molecule has 4 aliphatic carbocycles. The highest BCUT2D eigenvalue weighted by Crippen LogP contribution is 2.71. The lowest BCUT2D eigenvalue weighted by Crippen LogP contribution is -2.67. The maximum absolute atomic E-state index is 12.4. The largest absolute Gasteiger partial charge is 0.392 e. The van der Waals surface area contributed by atoms with Gasteiger partial charge in [0.25, 0.3) is 0 Å². The van der Waals surface area contributed by atoms with Crippen LogP contribution in [-0.4, -0.2) is 45.5 Å². The molecule has 0 amide bonds. The second kappa shape index (κ2) is 6.43. The maximum Gasteiger partial charge on any atom is 0.161 e. The molecule has 0 aromatic heterocycles. The highest BCUT2D eigenvalue weighted by molar-refractivity contribution is 8.00. The lowest BCUT2D eigenvalue weighted by Gasteiger charge is -2.66. The van der Waals surface area contributed by atoms with Crippen LogP contribution in [0.3, 0.4) is 0 Å². The molecule has 7 unspecified atom stereocenters. The molecule has 4 aliphatic rings. The minimum absolute atomic E-state index is 0.0604. The molecule has 0 aromatic carbocycles. The van der Waals surface area contributed by atoms with Gasteiger partial charge in [0, 0.05) is 17.8 Å². The van der Waals surface area contributed by atoms with Crippen molar-refractivity contribution in [1.29, 1.82) is 0 Å². The molecule has 5 heteroatoms. The first-order valence-electron chi connectivity index (χ1n) is 10.3. The first-order chi connectivity index (χ1) is 12.7. The monoisotopic (exact) mass is 392 g/mol. The van der Waals surface area contributed by atoms with Gasteiger partial charge in [-0.2, -0.15) is 11.8 Å². The first kappa shape index (κ1) is 19.7. The molecule has 2 N–H and O–H groups in total. The van der Waals surface area contributed by atoms with Crippen molar-refractivity contribution < 1.29 is 19.8 Å². The third kappa shape index (κ3) is 2.37. The number of fused-ring (bicyclic) bond motifs is 5. The van der Waals surface area contributed by atoms with E-state index in [1.54, 1.807) is 11.8 Å². The Bertz CT molecular complexity index is 702. The Morgan fingerprint density at radius 1 is 1.22 bits per heavy atom. The Morgan fingerprint density at radius 3 is 2.63 bits per heavy atom. The van der Waals surface area contributed by atoms with Crippen LogP contribution in [0.25, 0.3) is 0 Å². The molecule has 3 saturated carbocycles. The van der Waals surface area contributed by atoms with Crippen molar-refractivity contribution in [2.45, 2.75) is 69.6 Å². The molecule has 0 saturated heterocycles. The summed E-state index contributed by atoms with van der Waals surface area (Å²) in [6.45, 7) is 4.05. The summed E-state index contributed by atoms with van der Waals surface area (Å²) in [6.07, 6.45) is 9.20. The average molecular weight is 393 g/mol. The van der Waals surface area contributed by atoms with Gasteiger partial charge in [0.15, 0.2) is 11.6 Å². The van der Waals surface area contributed by atoms with Crippen molar-refractivity contribution in [3.8, 4) is 0 Å². The zero-order chi connectivity index (χ0) is 19.6. The molecular weight excluding hydrogens is 360 g/mol. The molecule has 7 atom stereocenters. The lowest BCUT2D eigenvalue weighted by molar-refractivity contribution is -0.139. The highest BCUT2D eigenvalue weighted by atomic mass is 32.2. The van der Waals surface area contributed by atoms with Gasteiger partial charge in [0.05, 0.1) is 10.9 Å². The van der Waals surface area contributed by atoms with Crippen LogP contribution in [0.1, 0.15) is 58.8 Å². The van der Waals surface area contributed by atoms with Crippen LogP contribution in [-0.2, 0) is 9.59 Å². The van der Waals surface area contributed by atoms with Gasteiger partial charge in [-0.25, -0.2) is 0 Å². The van der Waals surface area contributed by atoms with Gasteiger partial charge in [-0.15, -0.1) is 0 Å². The lowest BCUT2D eigenvalue weighted by atomic mass is 9.45. The van der Waals surface area contributed by atoms with Crippen LogP contribution in [0.4, 0.5) is 0 Å². The van der Waals surface area contributed by atoms with Gasteiger partial charge < -0.3 is 10.2 Å². The summed E-state index contributed by atoms with van der Waals surface area (Å²) >= 11 is 1.80. The molecule has 0 bridgehead atoms. The van der Waals surface area contributed by atoms with Crippen LogP contribution in [0, 0.1) is 28.6 Å². The van der Waals surface area contributed by atoms with E-state index in [9.17, 15) is 19.8 Å². The normalized spacial score (nSPS) is 49.1. The van der Waals surface area contributed by atoms with Crippen LogP contribution in [0.2, 0.25) is 0 Å². The van der Waals surface area contributed by atoms with Crippen LogP contribution >= 0.6 is 11.8 Å². The molecule has 150 valence electrons. The number of thioether (sulfide) groups is 1. The van der Waals surface area contributed by atoms with Crippen LogP contribution < -0.4 is 0 Å². The van der Waals surface area contributed by atoms with E-state index in [-0.39, 0.29) is 33.1 Å². The van der Waals surface area contributed by atoms with E-state index >= 15 is 0 Å². The fourth-order valence-electron chi connectivity index (χ4n) is 7.74. The van der Waals surface area contributed by atoms with Gasteiger partial charge in [0.2, 0.25) is 0 Å². The fourth-order valence-corrected chi connectivity index (χ4v) is 9.37. The zero-order valence-corrected chi connectivity index (χ0v) is 17.5. The maximum atomic E-state index is 12.4. The van der Waals surface area contributed by atoms with Crippen molar-refractivity contribution in [3.63, 3.8) is 0 Å². The Morgan fingerprint density at radius 2 is 1.96 bits per heavy atom. The minimum Gasteiger partial charge on any atom is -0.392 e. The summed E-state index contributed by atoms with van der Waals surface area (Å²) in [5.74, 6) is 0.758. The third-order valence-electron chi connectivity index (χ3n) is 8.96. The van der Waals surface area contributed by atoms with E-state index < -0.39 is 12.7 Å². The van der Waals surface area contributed by atoms with Crippen molar-refractivity contribution in [2.75, 3.05) is 12.9 Å². The molecule has 4 rings (SSSR count). The van der Waals surface area contributed by atoms with E-state index in [4.69, 9.17) is 0 Å². The predicted octanol–water partition coefficient (Wildman–Crippen LogP) is 3.15. The molecule has 0 heterocycles. The SMILES string of the molecule is CSC12C(O)CC3(C)C(C(=O)CO)CCC3C1CCC1=CC(=O)CCC12C. The topological polar surface area (TPSA) is 74.6 Å². The summed E-state index contributed by atoms with van der Waals surface area (Å²) in [7, 11) is 0. The van der Waals surface area contributed by atoms with E-state index in [1.807, 2.05) is 6.08 Å². The average Bonchev–Trinajstić information content (AvgIpc) is 2.97. The Labute approximate surface area is 166 Å². The number of ketones is 2. The molecule has 27 heavy (non-hydrogen) atoms. The summed E-state index contributed by atoms with van der Waals surface area (Å²) < 4.78 is -0.293.